The molecule has 0 aliphatic heterocycles. The lowest BCUT2D eigenvalue weighted by molar-refractivity contribution is 0.612. The minimum absolute atomic E-state index is 0. The zero-order valence-electron chi connectivity index (χ0n) is 14.9. The number of aryl methyl sites for hydroxylation is 2. The fourth-order valence-corrected chi connectivity index (χ4v) is 3.35. The Morgan fingerprint density at radius 1 is 1.04 bits per heavy atom. The molecule has 5 aromatic rings. The van der Waals surface area contributed by atoms with Crippen molar-refractivity contribution in [2.24, 2.45) is 0 Å². The zero-order chi connectivity index (χ0) is 18.2. The molecule has 0 spiro atoms. The molecular weight excluding hydrogens is 376 g/mol. The highest BCUT2D eigenvalue weighted by atomic mass is 35.5. The van der Waals surface area contributed by atoms with Crippen molar-refractivity contribution in [1.29, 1.82) is 0 Å². The van der Waals surface area contributed by atoms with Crippen LogP contribution in [0.4, 0.5) is 0 Å². The molecule has 7 heteroatoms. The van der Waals surface area contributed by atoms with Crippen LogP contribution < -0.4 is 5.56 Å². The fourth-order valence-electron chi connectivity index (χ4n) is 3.35. The average molecular weight is 393 g/mol. The van der Waals surface area contributed by atoms with Gasteiger partial charge in [0.15, 0.2) is 0 Å². The van der Waals surface area contributed by atoms with Gasteiger partial charge in [-0.05, 0) is 35.9 Å². The van der Waals surface area contributed by atoms with E-state index in [1.807, 2.05) is 53.2 Å². The first-order chi connectivity index (χ1) is 13.3. The molecule has 0 N–H and O–H groups in total. The molecule has 0 bridgehead atoms. The summed E-state index contributed by atoms with van der Waals surface area (Å²) in [6.45, 7) is 0.555. The van der Waals surface area contributed by atoms with Gasteiger partial charge in [0.1, 0.15) is 11.2 Å². The summed E-state index contributed by atoms with van der Waals surface area (Å²) in [5.41, 5.74) is 4.10. The fraction of sp³-hybridized carbons (Fsp3) is 0.0952. The Labute approximate surface area is 166 Å². The summed E-state index contributed by atoms with van der Waals surface area (Å²) < 4.78 is 9.29. The van der Waals surface area contributed by atoms with Crippen molar-refractivity contribution in [1.82, 2.24) is 18.9 Å². The lowest BCUT2D eigenvalue weighted by Crippen LogP contribution is -2.20. The standard InChI is InChI=1S/C21H16N4O2.ClH/c26-21-20-17(15-4-8-22-9-5-15)14-27-18(20)7-12-24(21)11-6-16-13-25-10-2-1-3-19(25)23-16;/h1-5,7-10,12-14H,6,11H2;1H. The van der Waals surface area contributed by atoms with Crippen LogP contribution in [-0.2, 0) is 13.0 Å². The third kappa shape index (κ3) is 3.08. The van der Waals surface area contributed by atoms with Gasteiger partial charge in [-0.2, -0.15) is 0 Å². The van der Waals surface area contributed by atoms with E-state index in [1.54, 1.807) is 29.4 Å². The number of aromatic nitrogens is 4. The molecule has 0 saturated heterocycles. The molecule has 140 valence electrons. The molecule has 5 aromatic heterocycles. The van der Waals surface area contributed by atoms with Crippen molar-refractivity contribution in [3.05, 3.63) is 89.7 Å². The first-order valence-electron chi connectivity index (χ1n) is 8.73. The van der Waals surface area contributed by atoms with Gasteiger partial charge in [0.25, 0.3) is 5.56 Å². The van der Waals surface area contributed by atoms with Crippen molar-refractivity contribution in [2.45, 2.75) is 13.0 Å². The predicted octanol–water partition coefficient (Wildman–Crippen LogP) is 3.97. The predicted molar refractivity (Wildman–Crippen MR) is 110 cm³/mol. The first-order valence-corrected chi connectivity index (χ1v) is 8.73. The van der Waals surface area contributed by atoms with Crippen LogP contribution in [0.25, 0.3) is 27.7 Å². The Balaban J connectivity index is 0.00000192. The van der Waals surface area contributed by atoms with Crippen molar-refractivity contribution in [3.63, 3.8) is 0 Å². The van der Waals surface area contributed by atoms with Gasteiger partial charge >= 0.3 is 0 Å². The average Bonchev–Trinajstić information content (AvgIpc) is 3.32. The summed E-state index contributed by atoms with van der Waals surface area (Å²) in [4.78, 5) is 21.7. The number of furan rings is 1. The first kappa shape index (κ1) is 18.0. The summed E-state index contributed by atoms with van der Waals surface area (Å²) in [5.74, 6) is 0. The van der Waals surface area contributed by atoms with E-state index in [1.165, 1.54) is 0 Å². The van der Waals surface area contributed by atoms with Gasteiger partial charge < -0.3 is 13.4 Å². The maximum Gasteiger partial charge on any atom is 0.262 e. The molecule has 0 aliphatic rings. The second-order valence-electron chi connectivity index (χ2n) is 6.39. The number of hydrogen-bond donors (Lipinski definition) is 0. The largest absolute Gasteiger partial charge is 0.463 e. The number of hydrogen-bond acceptors (Lipinski definition) is 4. The molecule has 0 atom stereocenters. The Hall–Kier alpha value is -3.38. The van der Waals surface area contributed by atoms with E-state index < -0.39 is 0 Å². The van der Waals surface area contributed by atoms with E-state index in [-0.39, 0.29) is 18.0 Å². The molecule has 28 heavy (non-hydrogen) atoms. The minimum Gasteiger partial charge on any atom is -0.463 e. The molecule has 0 saturated carbocycles. The monoisotopic (exact) mass is 392 g/mol. The van der Waals surface area contributed by atoms with E-state index in [0.29, 0.717) is 23.9 Å². The van der Waals surface area contributed by atoms with Crippen molar-refractivity contribution in [2.75, 3.05) is 0 Å². The highest BCUT2D eigenvalue weighted by Crippen LogP contribution is 2.27. The third-order valence-electron chi connectivity index (χ3n) is 4.71. The van der Waals surface area contributed by atoms with Gasteiger partial charge in [-0.25, -0.2) is 4.98 Å². The summed E-state index contributed by atoms with van der Waals surface area (Å²) in [7, 11) is 0. The second kappa shape index (κ2) is 7.32. The summed E-state index contributed by atoms with van der Waals surface area (Å²) in [6.07, 6.45) is 11.5. The normalized spacial score (nSPS) is 11.0. The van der Waals surface area contributed by atoms with Gasteiger partial charge in [0.05, 0.1) is 17.3 Å². The Morgan fingerprint density at radius 2 is 1.89 bits per heavy atom. The number of fused-ring (bicyclic) bond motifs is 2. The van der Waals surface area contributed by atoms with Crippen molar-refractivity contribution < 1.29 is 4.42 Å². The lowest BCUT2D eigenvalue weighted by atomic mass is 10.1. The number of pyridine rings is 3. The highest BCUT2D eigenvalue weighted by Gasteiger charge is 2.14. The molecule has 0 fully saturated rings. The van der Waals surface area contributed by atoms with Crippen LogP contribution in [0, 0.1) is 0 Å². The molecule has 5 heterocycles. The topological polar surface area (TPSA) is 65.3 Å². The van der Waals surface area contributed by atoms with Crippen LogP contribution in [0.3, 0.4) is 0 Å². The van der Waals surface area contributed by atoms with Crippen LogP contribution in [0.2, 0.25) is 0 Å². The SMILES string of the molecule is Cl.O=c1c2c(-c3ccncc3)coc2ccn1CCc1cn2ccccc2n1. The molecule has 0 amide bonds. The van der Waals surface area contributed by atoms with Crippen LogP contribution in [0.5, 0.6) is 0 Å². The smallest absolute Gasteiger partial charge is 0.262 e. The van der Waals surface area contributed by atoms with E-state index in [4.69, 9.17) is 4.42 Å². The van der Waals surface area contributed by atoms with Crippen LogP contribution in [0.15, 0.2) is 82.9 Å². The molecule has 6 nitrogen and oxygen atoms in total. The Bertz CT molecular complexity index is 1270. The van der Waals surface area contributed by atoms with Gasteiger partial charge in [0, 0.05) is 49.5 Å². The summed E-state index contributed by atoms with van der Waals surface area (Å²) in [5, 5.41) is 0.596. The van der Waals surface area contributed by atoms with Gasteiger partial charge in [0.2, 0.25) is 0 Å². The Morgan fingerprint density at radius 3 is 2.71 bits per heavy atom. The van der Waals surface area contributed by atoms with E-state index in [2.05, 4.69) is 9.97 Å². The third-order valence-corrected chi connectivity index (χ3v) is 4.71. The quantitative estimate of drug-likeness (QED) is 0.464. The second-order valence-corrected chi connectivity index (χ2v) is 6.39. The molecule has 0 unspecified atom stereocenters. The number of halogens is 1. The molecule has 0 aliphatic carbocycles. The Kier molecular flexibility index (Phi) is 4.71. The van der Waals surface area contributed by atoms with Crippen LogP contribution in [0.1, 0.15) is 5.69 Å². The number of nitrogens with zero attached hydrogens (tertiary/aromatic N) is 4. The van der Waals surface area contributed by atoms with Crippen LogP contribution >= 0.6 is 12.4 Å². The highest BCUT2D eigenvalue weighted by molar-refractivity contribution is 5.93. The van der Waals surface area contributed by atoms with E-state index in [0.717, 1.165) is 22.5 Å². The molecular formula is C21H17ClN4O2. The van der Waals surface area contributed by atoms with Gasteiger partial charge in [-0.1, -0.05) is 6.07 Å². The summed E-state index contributed by atoms with van der Waals surface area (Å²) >= 11 is 0. The van der Waals surface area contributed by atoms with E-state index in [9.17, 15) is 4.79 Å². The zero-order valence-corrected chi connectivity index (χ0v) is 15.7. The summed E-state index contributed by atoms with van der Waals surface area (Å²) in [6, 6.07) is 11.5. The number of imidazole rings is 1. The van der Waals surface area contributed by atoms with Crippen LogP contribution in [-0.4, -0.2) is 18.9 Å². The lowest BCUT2D eigenvalue weighted by Gasteiger charge is -2.05. The molecule has 5 rings (SSSR count). The van der Waals surface area contributed by atoms with Gasteiger partial charge in [-0.15, -0.1) is 12.4 Å². The maximum atomic E-state index is 13.0. The van der Waals surface area contributed by atoms with E-state index >= 15 is 0 Å². The minimum atomic E-state index is -0.0585. The maximum absolute atomic E-state index is 13.0. The van der Waals surface area contributed by atoms with Gasteiger partial charge in [-0.3, -0.25) is 9.78 Å². The van der Waals surface area contributed by atoms with Crippen molar-refractivity contribution in [3.8, 4) is 11.1 Å². The number of rotatable bonds is 4. The molecule has 0 radical (unpaired) electrons. The van der Waals surface area contributed by atoms with Crippen molar-refractivity contribution >= 4 is 29.0 Å². The molecule has 0 aromatic carbocycles.